The van der Waals surface area contributed by atoms with E-state index in [9.17, 15) is 27.2 Å². The number of rotatable bonds is 6. The molecule has 0 aromatic rings. The molecule has 1 amide bonds. The first-order chi connectivity index (χ1) is 10.8. The summed E-state index contributed by atoms with van der Waals surface area (Å²) in [6, 6.07) is 0.116. The third-order valence-corrected chi connectivity index (χ3v) is 4.68. The number of ether oxygens (including phenoxy) is 1. The Morgan fingerprint density at radius 2 is 1.78 bits per heavy atom. The van der Waals surface area contributed by atoms with Crippen LogP contribution in [0.4, 0.5) is 17.6 Å². The van der Waals surface area contributed by atoms with Crippen molar-refractivity contribution in [3.05, 3.63) is 12.2 Å². The number of carbonyl (C=O) groups excluding carboxylic acids is 2. The van der Waals surface area contributed by atoms with Gasteiger partial charge in [0.1, 0.15) is 0 Å². The molecule has 0 radical (unpaired) electrons. The first-order valence-corrected chi connectivity index (χ1v) is 7.61. The molecule has 0 heterocycles. The number of carbonyl (C=O) groups is 2. The zero-order valence-electron chi connectivity index (χ0n) is 12.2. The van der Waals surface area contributed by atoms with E-state index in [0.717, 1.165) is 12.8 Å². The van der Waals surface area contributed by atoms with Gasteiger partial charge in [-0.1, -0.05) is 12.2 Å². The third kappa shape index (κ3) is 3.21. The van der Waals surface area contributed by atoms with Gasteiger partial charge >= 0.3 is 18.3 Å². The molecule has 0 spiro atoms. The van der Waals surface area contributed by atoms with Gasteiger partial charge in [0, 0.05) is 6.04 Å². The lowest BCUT2D eigenvalue weighted by Crippen LogP contribution is -2.42. The van der Waals surface area contributed by atoms with Gasteiger partial charge in [0.15, 0.2) is 6.61 Å². The molecule has 128 valence electrons. The fourth-order valence-corrected chi connectivity index (χ4v) is 3.35. The number of hydrogen-bond acceptors (Lipinski definition) is 3. The number of nitrogens with one attached hydrogen (secondary N) is 1. The molecule has 4 nitrogen and oxygen atoms in total. The number of allylic oxidation sites excluding steroid dienone is 2. The largest absolute Gasteiger partial charge is 0.459 e. The molecule has 23 heavy (non-hydrogen) atoms. The Morgan fingerprint density at radius 1 is 1.17 bits per heavy atom. The van der Waals surface area contributed by atoms with Gasteiger partial charge in [0.2, 0.25) is 5.91 Å². The monoisotopic (exact) mass is 335 g/mol. The zero-order valence-corrected chi connectivity index (χ0v) is 12.2. The van der Waals surface area contributed by atoms with Crippen LogP contribution in [0.3, 0.4) is 0 Å². The highest BCUT2D eigenvalue weighted by molar-refractivity contribution is 5.87. The standard InChI is InChI=1S/C15H17F4NO3/c16-14(17)15(18,19)6-23-13(22)11-8-2-1-7(5-8)10(11)12(21)20-9-3-4-9/h1-2,7-11,14H,3-6H2,(H,20,21)/t7-,8+,10-,11+/m0/s1. The summed E-state index contributed by atoms with van der Waals surface area (Å²) in [5.41, 5.74) is 0. The fourth-order valence-electron chi connectivity index (χ4n) is 3.35. The van der Waals surface area contributed by atoms with Crippen LogP contribution in [-0.2, 0) is 14.3 Å². The van der Waals surface area contributed by atoms with E-state index in [1.807, 2.05) is 6.08 Å². The minimum absolute atomic E-state index is 0.116. The minimum Gasteiger partial charge on any atom is -0.459 e. The SMILES string of the molecule is O=C(NC1CC1)[C@@H]1[C@H](C(=O)OCC(F)(F)C(F)F)[C@@H]2C=C[C@H]1C2. The molecule has 2 fully saturated rings. The highest BCUT2D eigenvalue weighted by Crippen LogP contribution is 2.49. The summed E-state index contributed by atoms with van der Waals surface area (Å²) in [5.74, 6) is -7.61. The molecular weight excluding hydrogens is 318 g/mol. The summed E-state index contributed by atoms with van der Waals surface area (Å²) in [7, 11) is 0. The van der Waals surface area contributed by atoms with Gasteiger partial charge in [0.05, 0.1) is 11.8 Å². The summed E-state index contributed by atoms with van der Waals surface area (Å²) >= 11 is 0. The van der Waals surface area contributed by atoms with Crippen molar-refractivity contribution in [1.29, 1.82) is 0 Å². The molecule has 3 aliphatic rings. The smallest absolute Gasteiger partial charge is 0.340 e. The maximum atomic E-state index is 12.9. The van der Waals surface area contributed by atoms with E-state index in [4.69, 9.17) is 0 Å². The maximum Gasteiger partial charge on any atom is 0.340 e. The van der Waals surface area contributed by atoms with Crippen molar-refractivity contribution in [2.45, 2.75) is 37.7 Å². The van der Waals surface area contributed by atoms with Crippen molar-refractivity contribution in [3.8, 4) is 0 Å². The van der Waals surface area contributed by atoms with E-state index in [0.29, 0.717) is 6.42 Å². The highest BCUT2D eigenvalue weighted by Gasteiger charge is 2.53. The summed E-state index contributed by atoms with van der Waals surface area (Å²) in [4.78, 5) is 24.4. The van der Waals surface area contributed by atoms with Crippen LogP contribution in [0.15, 0.2) is 12.2 Å². The molecule has 3 rings (SSSR count). The van der Waals surface area contributed by atoms with E-state index in [1.165, 1.54) is 0 Å². The number of amides is 1. The Kier molecular flexibility index (Phi) is 4.10. The van der Waals surface area contributed by atoms with Crippen LogP contribution in [0.2, 0.25) is 0 Å². The molecule has 0 aromatic heterocycles. The molecule has 2 bridgehead atoms. The Bertz CT molecular complexity index is 533. The Balaban J connectivity index is 1.65. The van der Waals surface area contributed by atoms with Crippen LogP contribution in [0.1, 0.15) is 19.3 Å². The molecule has 0 unspecified atom stereocenters. The van der Waals surface area contributed by atoms with Gasteiger partial charge in [-0.05, 0) is 31.1 Å². The van der Waals surface area contributed by atoms with Gasteiger partial charge < -0.3 is 10.1 Å². The van der Waals surface area contributed by atoms with Gasteiger partial charge in [-0.3, -0.25) is 9.59 Å². The van der Waals surface area contributed by atoms with Gasteiger partial charge in [0.25, 0.3) is 0 Å². The van der Waals surface area contributed by atoms with Crippen LogP contribution in [-0.4, -0.2) is 36.9 Å². The molecular formula is C15H17F4NO3. The fraction of sp³-hybridized carbons (Fsp3) is 0.733. The quantitative estimate of drug-likeness (QED) is 0.460. The Labute approximate surface area is 130 Å². The second kappa shape index (κ2) is 5.79. The first kappa shape index (κ1) is 16.3. The maximum absolute atomic E-state index is 12.9. The molecule has 0 saturated heterocycles. The topological polar surface area (TPSA) is 55.4 Å². The van der Waals surface area contributed by atoms with Gasteiger partial charge in [-0.15, -0.1) is 0 Å². The minimum atomic E-state index is -4.38. The van der Waals surface area contributed by atoms with Crippen LogP contribution < -0.4 is 5.32 Å². The van der Waals surface area contributed by atoms with Crippen molar-refractivity contribution >= 4 is 11.9 Å². The summed E-state index contributed by atoms with van der Waals surface area (Å²) in [6.07, 6.45) is 2.07. The van der Waals surface area contributed by atoms with E-state index in [2.05, 4.69) is 10.1 Å². The average Bonchev–Trinajstić information content (AvgIpc) is 3.06. The lowest BCUT2D eigenvalue weighted by Gasteiger charge is -2.26. The molecule has 8 heteroatoms. The van der Waals surface area contributed by atoms with E-state index in [1.54, 1.807) is 6.08 Å². The van der Waals surface area contributed by atoms with E-state index >= 15 is 0 Å². The van der Waals surface area contributed by atoms with Crippen molar-refractivity contribution in [2.24, 2.45) is 23.7 Å². The Morgan fingerprint density at radius 3 is 2.35 bits per heavy atom. The van der Waals surface area contributed by atoms with Crippen molar-refractivity contribution in [3.63, 3.8) is 0 Å². The second-order valence-electron chi connectivity index (χ2n) is 6.45. The van der Waals surface area contributed by atoms with Crippen LogP contribution in [0, 0.1) is 23.7 Å². The lowest BCUT2D eigenvalue weighted by molar-refractivity contribution is -0.184. The summed E-state index contributed by atoms with van der Waals surface area (Å²) < 4.78 is 54.5. The molecule has 2 saturated carbocycles. The van der Waals surface area contributed by atoms with Crippen molar-refractivity contribution < 1.29 is 31.9 Å². The number of fused-ring (bicyclic) bond motifs is 2. The zero-order chi connectivity index (χ0) is 16.8. The predicted molar refractivity (Wildman–Crippen MR) is 70.8 cm³/mol. The summed E-state index contributed by atoms with van der Waals surface area (Å²) in [6.45, 7) is -1.67. The number of hydrogen-bond donors (Lipinski definition) is 1. The first-order valence-electron chi connectivity index (χ1n) is 7.61. The highest BCUT2D eigenvalue weighted by atomic mass is 19.3. The molecule has 4 atom stereocenters. The molecule has 0 aromatic carbocycles. The third-order valence-electron chi connectivity index (χ3n) is 4.68. The normalized spacial score (nSPS) is 32.4. The summed E-state index contributed by atoms with van der Waals surface area (Å²) in [5, 5.41) is 2.81. The van der Waals surface area contributed by atoms with Crippen LogP contribution in [0.5, 0.6) is 0 Å². The van der Waals surface area contributed by atoms with Gasteiger partial charge in [-0.2, -0.15) is 8.78 Å². The predicted octanol–water partition coefficient (Wildman–Crippen LogP) is 2.15. The molecule has 1 N–H and O–H groups in total. The van der Waals surface area contributed by atoms with E-state index < -0.39 is 36.8 Å². The number of alkyl halides is 4. The molecule has 0 aliphatic heterocycles. The van der Waals surface area contributed by atoms with E-state index in [-0.39, 0.29) is 23.8 Å². The van der Waals surface area contributed by atoms with Crippen LogP contribution in [0.25, 0.3) is 0 Å². The lowest BCUT2D eigenvalue weighted by atomic mass is 9.82. The Hall–Kier alpha value is -1.60. The van der Waals surface area contributed by atoms with Crippen molar-refractivity contribution in [1.82, 2.24) is 5.32 Å². The number of halogens is 4. The second-order valence-corrected chi connectivity index (χ2v) is 6.45. The van der Waals surface area contributed by atoms with Crippen LogP contribution >= 0.6 is 0 Å². The molecule has 3 aliphatic carbocycles. The number of esters is 1. The van der Waals surface area contributed by atoms with Gasteiger partial charge in [-0.25, -0.2) is 8.78 Å². The van der Waals surface area contributed by atoms with Crippen molar-refractivity contribution in [2.75, 3.05) is 6.61 Å². The average molecular weight is 335 g/mol.